The lowest BCUT2D eigenvalue weighted by atomic mass is 9.99. The molecule has 0 bridgehead atoms. The van der Waals surface area contributed by atoms with Gasteiger partial charge in [0.2, 0.25) is 0 Å². The van der Waals surface area contributed by atoms with Gasteiger partial charge in [-0.3, -0.25) is 9.59 Å². The molecule has 1 aromatic heterocycles. The number of thiazole rings is 1. The fraction of sp³-hybridized carbons (Fsp3) is 0.250. The first kappa shape index (κ1) is 18.1. The number of aryl methyl sites for hydroxylation is 2. The zero-order chi connectivity index (χ0) is 18.7. The van der Waals surface area contributed by atoms with E-state index in [1.54, 1.807) is 6.92 Å². The predicted octanol–water partition coefficient (Wildman–Crippen LogP) is 4.11. The van der Waals surface area contributed by atoms with Crippen LogP contribution in [0.3, 0.4) is 0 Å². The number of benzene rings is 2. The Morgan fingerprint density at radius 2 is 1.92 bits per heavy atom. The third kappa shape index (κ3) is 3.91. The van der Waals surface area contributed by atoms with Gasteiger partial charge in [0, 0.05) is 0 Å². The van der Waals surface area contributed by atoms with Crippen LogP contribution in [0.25, 0.3) is 10.8 Å². The van der Waals surface area contributed by atoms with Crippen molar-refractivity contribution in [2.24, 2.45) is 0 Å². The van der Waals surface area contributed by atoms with Crippen molar-refractivity contribution in [3.05, 3.63) is 63.6 Å². The molecule has 0 spiro atoms. The number of rotatable bonds is 6. The molecule has 6 heteroatoms. The van der Waals surface area contributed by atoms with Gasteiger partial charge >= 0.3 is 5.97 Å². The summed E-state index contributed by atoms with van der Waals surface area (Å²) in [6.07, 6.45) is 0.588. The first-order valence-corrected chi connectivity index (χ1v) is 9.27. The molecule has 0 saturated carbocycles. The molecule has 1 atom stereocenters. The van der Waals surface area contributed by atoms with Gasteiger partial charge < -0.3 is 10.4 Å². The Hall–Kier alpha value is -2.73. The third-order valence-electron chi connectivity index (χ3n) is 4.21. The molecule has 0 aliphatic heterocycles. The Kier molecular flexibility index (Phi) is 5.32. The molecular weight excluding hydrogens is 348 g/mol. The van der Waals surface area contributed by atoms with E-state index in [9.17, 15) is 14.7 Å². The van der Waals surface area contributed by atoms with Gasteiger partial charge in [0.25, 0.3) is 5.91 Å². The molecule has 1 amide bonds. The maximum Gasteiger partial charge on any atom is 0.305 e. The number of carboxylic acids is 1. The fourth-order valence-corrected chi connectivity index (χ4v) is 3.80. The second kappa shape index (κ2) is 7.66. The topological polar surface area (TPSA) is 79.3 Å². The highest BCUT2D eigenvalue weighted by Crippen LogP contribution is 2.25. The Balaban J connectivity index is 1.90. The van der Waals surface area contributed by atoms with Crippen molar-refractivity contribution in [1.82, 2.24) is 10.3 Å². The normalized spacial score (nSPS) is 12.1. The molecule has 0 unspecified atom stereocenters. The lowest BCUT2D eigenvalue weighted by Crippen LogP contribution is -2.30. The molecule has 2 aromatic carbocycles. The summed E-state index contributed by atoms with van der Waals surface area (Å²) in [6, 6.07) is 13.0. The highest BCUT2D eigenvalue weighted by Gasteiger charge is 2.22. The maximum atomic E-state index is 12.7. The number of carboxylic acid groups (broad SMARTS) is 1. The van der Waals surface area contributed by atoms with Crippen molar-refractivity contribution in [2.75, 3.05) is 0 Å². The van der Waals surface area contributed by atoms with E-state index in [0.29, 0.717) is 10.6 Å². The van der Waals surface area contributed by atoms with Crippen LogP contribution in [0.4, 0.5) is 0 Å². The van der Waals surface area contributed by atoms with Crippen molar-refractivity contribution < 1.29 is 14.7 Å². The summed E-state index contributed by atoms with van der Waals surface area (Å²) in [6.45, 7) is 3.79. The quantitative estimate of drug-likeness (QED) is 0.686. The average molecular weight is 368 g/mol. The number of carbonyl (C=O) groups is 2. The zero-order valence-electron chi connectivity index (χ0n) is 14.7. The fourth-order valence-electron chi connectivity index (χ4n) is 2.89. The molecule has 3 rings (SSSR count). The molecule has 0 radical (unpaired) electrons. The van der Waals surface area contributed by atoms with Gasteiger partial charge in [-0.05, 0) is 35.7 Å². The van der Waals surface area contributed by atoms with Gasteiger partial charge in [0.05, 0.1) is 23.2 Å². The molecule has 0 fully saturated rings. The van der Waals surface area contributed by atoms with E-state index >= 15 is 0 Å². The summed E-state index contributed by atoms with van der Waals surface area (Å²) in [5.41, 5.74) is 1.45. The number of hydrogen-bond acceptors (Lipinski definition) is 4. The second-order valence-electron chi connectivity index (χ2n) is 6.11. The minimum Gasteiger partial charge on any atom is -0.481 e. The van der Waals surface area contributed by atoms with Gasteiger partial charge in [-0.25, -0.2) is 4.98 Å². The van der Waals surface area contributed by atoms with Crippen LogP contribution in [0.1, 0.15) is 45.3 Å². The molecule has 1 heterocycles. The second-order valence-corrected chi connectivity index (χ2v) is 7.19. The zero-order valence-corrected chi connectivity index (χ0v) is 15.5. The van der Waals surface area contributed by atoms with Crippen LogP contribution in [-0.2, 0) is 11.2 Å². The van der Waals surface area contributed by atoms with E-state index in [0.717, 1.165) is 27.8 Å². The lowest BCUT2D eigenvalue weighted by Gasteiger charge is -2.18. The summed E-state index contributed by atoms with van der Waals surface area (Å²) in [5, 5.41) is 15.1. The van der Waals surface area contributed by atoms with Crippen LogP contribution < -0.4 is 5.32 Å². The molecule has 134 valence electrons. The number of carbonyl (C=O) groups excluding carboxylic acids is 1. The van der Waals surface area contributed by atoms with Gasteiger partial charge in [-0.2, -0.15) is 0 Å². The SMILES string of the molecule is CCc1nc(C)c(C(=O)N[C@@H](CC(=O)O)c2ccc3ccccc3c2)s1. The van der Waals surface area contributed by atoms with E-state index in [1.807, 2.05) is 49.4 Å². The highest BCUT2D eigenvalue weighted by molar-refractivity contribution is 7.13. The lowest BCUT2D eigenvalue weighted by molar-refractivity contribution is -0.137. The first-order chi connectivity index (χ1) is 12.5. The van der Waals surface area contributed by atoms with E-state index in [-0.39, 0.29) is 12.3 Å². The minimum atomic E-state index is -0.960. The molecule has 3 aromatic rings. The van der Waals surface area contributed by atoms with E-state index in [4.69, 9.17) is 0 Å². The number of nitrogens with one attached hydrogen (secondary N) is 1. The Morgan fingerprint density at radius 1 is 1.19 bits per heavy atom. The van der Waals surface area contributed by atoms with E-state index < -0.39 is 12.0 Å². The molecule has 5 nitrogen and oxygen atoms in total. The number of nitrogens with zero attached hydrogens (tertiary/aromatic N) is 1. The van der Waals surface area contributed by atoms with Crippen LogP contribution in [0.15, 0.2) is 42.5 Å². The van der Waals surface area contributed by atoms with Crippen LogP contribution in [0.2, 0.25) is 0 Å². The number of aliphatic carboxylic acids is 1. The van der Waals surface area contributed by atoms with Crippen LogP contribution >= 0.6 is 11.3 Å². The minimum absolute atomic E-state index is 0.178. The molecular formula is C20H20N2O3S. The Bertz CT molecular complexity index is 965. The molecule has 0 aliphatic rings. The van der Waals surface area contributed by atoms with Crippen molar-refractivity contribution in [3.8, 4) is 0 Å². The van der Waals surface area contributed by atoms with E-state index in [2.05, 4.69) is 10.3 Å². The molecule has 0 saturated heterocycles. The van der Waals surface area contributed by atoms with Gasteiger partial charge in [-0.1, -0.05) is 43.3 Å². The van der Waals surface area contributed by atoms with Crippen LogP contribution in [-0.4, -0.2) is 22.0 Å². The van der Waals surface area contributed by atoms with Gasteiger partial charge in [0.15, 0.2) is 0 Å². The van der Waals surface area contributed by atoms with Crippen molar-refractivity contribution in [1.29, 1.82) is 0 Å². The summed E-state index contributed by atoms with van der Waals surface area (Å²) in [5.74, 6) is -1.24. The maximum absolute atomic E-state index is 12.7. The first-order valence-electron chi connectivity index (χ1n) is 8.45. The van der Waals surface area contributed by atoms with Crippen molar-refractivity contribution in [2.45, 2.75) is 32.7 Å². The molecule has 2 N–H and O–H groups in total. The standard InChI is InChI=1S/C20H20N2O3S/c1-3-17-21-12(2)19(26-17)20(25)22-16(11-18(23)24)15-9-8-13-6-4-5-7-14(13)10-15/h4-10,16H,3,11H2,1-2H3,(H,22,25)(H,23,24)/t16-/m0/s1. The Morgan fingerprint density at radius 3 is 2.58 bits per heavy atom. The predicted molar refractivity (Wildman–Crippen MR) is 103 cm³/mol. The highest BCUT2D eigenvalue weighted by atomic mass is 32.1. The van der Waals surface area contributed by atoms with Gasteiger partial charge in [0.1, 0.15) is 4.88 Å². The van der Waals surface area contributed by atoms with Gasteiger partial charge in [-0.15, -0.1) is 11.3 Å². The summed E-state index contributed by atoms with van der Waals surface area (Å²) < 4.78 is 0. The third-order valence-corrected chi connectivity index (χ3v) is 5.51. The summed E-state index contributed by atoms with van der Waals surface area (Å²) in [7, 11) is 0. The van der Waals surface area contributed by atoms with Crippen LogP contribution in [0.5, 0.6) is 0 Å². The van der Waals surface area contributed by atoms with Crippen LogP contribution in [0, 0.1) is 6.92 Å². The molecule has 0 aliphatic carbocycles. The number of hydrogen-bond donors (Lipinski definition) is 2. The molecule has 26 heavy (non-hydrogen) atoms. The number of aromatic nitrogens is 1. The number of amides is 1. The largest absolute Gasteiger partial charge is 0.481 e. The summed E-state index contributed by atoms with van der Waals surface area (Å²) in [4.78, 5) is 28.9. The Labute approximate surface area is 155 Å². The monoisotopic (exact) mass is 368 g/mol. The van der Waals surface area contributed by atoms with Crippen molar-refractivity contribution >= 4 is 34.0 Å². The van der Waals surface area contributed by atoms with E-state index in [1.165, 1.54) is 11.3 Å². The summed E-state index contributed by atoms with van der Waals surface area (Å²) >= 11 is 1.36. The van der Waals surface area contributed by atoms with Crippen molar-refractivity contribution in [3.63, 3.8) is 0 Å². The smallest absolute Gasteiger partial charge is 0.305 e. The average Bonchev–Trinajstić information content (AvgIpc) is 3.01. The number of fused-ring (bicyclic) bond motifs is 1.